The molecule has 1 aliphatic rings. The van der Waals surface area contributed by atoms with E-state index in [2.05, 4.69) is 12.2 Å². The third kappa shape index (κ3) is 4.20. The zero-order valence-electron chi connectivity index (χ0n) is 9.92. The van der Waals surface area contributed by atoms with Gasteiger partial charge in [0.15, 0.2) is 0 Å². The van der Waals surface area contributed by atoms with Gasteiger partial charge in [0, 0.05) is 6.04 Å². The summed E-state index contributed by atoms with van der Waals surface area (Å²) in [5, 5.41) is 3.49. The highest BCUT2D eigenvalue weighted by atomic mass is 16.5. The van der Waals surface area contributed by atoms with Crippen molar-refractivity contribution in [1.29, 1.82) is 0 Å². The third-order valence-corrected chi connectivity index (χ3v) is 2.98. The molecule has 88 valence electrons. The van der Waals surface area contributed by atoms with Gasteiger partial charge in [-0.3, -0.25) is 4.79 Å². The van der Waals surface area contributed by atoms with Crippen molar-refractivity contribution < 1.29 is 9.53 Å². The number of ether oxygens (including phenoxy) is 1. The summed E-state index contributed by atoms with van der Waals surface area (Å²) in [6.45, 7) is 5.59. The van der Waals surface area contributed by atoms with Crippen LogP contribution in [0.3, 0.4) is 0 Å². The van der Waals surface area contributed by atoms with Gasteiger partial charge < -0.3 is 10.1 Å². The maximum absolute atomic E-state index is 11.6. The lowest BCUT2D eigenvalue weighted by atomic mass is 9.85. The zero-order chi connectivity index (χ0) is 11.1. The Morgan fingerprint density at radius 3 is 2.87 bits per heavy atom. The molecular weight excluding hydrogens is 190 g/mol. The van der Waals surface area contributed by atoms with Gasteiger partial charge in [0.05, 0.1) is 12.5 Å². The summed E-state index contributed by atoms with van der Waals surface area (Å²) in [5.74, 6) is 0.133. The van der Waals surface area contributed by atoms with E-state index in [1.165, 1.54) is 6.42 Å². The Morgan fingerprint density at radius 2 is 2.20 bits per heavy atom. The molecule has 3 heteroatoms. The minimum atomic E-state index is 0.000462. The average Bonchev–Trinajstić information content (AvgIpc) is 2.27. The molecule has 15 heavy (non-hydrogen) atoms. The molecule has 1 saturated carbocycles. The van der Waals surface area contributed by atoms with Crippen molar-refractivity contribution in [2.24, 2.45) is 5.92 Å². The summed E-state index contributed by atoms with van der Waals surface area (Å²) in [4.78, 5) is 11.6. The Bertz CT molecular complexity index is 194. The van der Waals surface area contributed by atoms with Crippen LogP contribution in [0.5, 0.6) is 0 Å². The van der Waals surface area contributed by atoms with Crippen LogP contribution in [-0.4, -0.2) is 25.2 Å². The molecule has 0 aromatic carbocycles. The molecule has 1 aliphatic carbocycles. The smallest absolute Gasteiger partial charge is 0.308 e. The fourth-order valence-corrected chi connectivity index (χ4v) is 2.20. The van der Waals surface area contributed by atoms with E-state index in [9.17, 15) is 4.79 Å². The molecular formula is C12H23NO2. The van der Waals surface area contributed by atoms with Crippen LogP contribution in [-0.2, 0) is 9.53 Å². The molecule has 0 aliphatic heterocycles. The number of hydrogen-bond donors (Lipinski definition) is 1. The van der Waals surface area contributed by atoms with Gasteiger partial charge in [-0.05, 0) is 39.2 Å². The van der Waals surface area contributed by atoms with Crippen molar-refractivity contribution in [3.8, 4) is 0 Å². The Labute approximate surface area is 92.6 Å². The Balaban J connectivity index is 2.31. The molecule has 2 atom stereocenters. The molecule has 3 nitrogen and oxygen atoms in total. The van der Waals surface area contributed by atoms with Crippen molar-refractivity contribution in [2.45, 2.75) is 52.0 Å². The van der Waals surface area contributed by atoms with Crippen LogP contribution in [0.4, 0.5) is 0 Å². The second-order valence-electron chi connectivity index (χ2n) is 4.27. The molecule has 0 heterocycles. The van der Waals surface area contributed by atoms with Crippen molar-refractivity contribution in [2.75, 3.05) is 13.2 Å². The summed E-state index contributed by atoms with van der Waals surface area (Å²) in [6, 6.07) is 0.521. The minimum Gasteiger partial charge on any atom is -0.466 e. The number of esters is 1. The fraction of sp³-hybridized carbons (Fsp3) is 0.917. The standard InChI is InChI=1S/C12H23NO2/c1-3-8-13-11-7-5-6-10(9-11)12(14)15-4-2/h10-11,13H,3-9H2,1-2H3. The highest BCUT2D eigenvalue weighted by Crippen LogP contribution is 2.25. The summed E-state index contributed by atoms with van der Waals surface area (Å²) in [6.07, 6.45) is 5.46. The lowest BCUT2D eigenvalue weighted by Crippen LogP contribution is -2.37. The van der Waals surface area contributed by atoms with E-state index in [-0.39, 0.29) is 11.9 Å². The number of nitrogens with one attached hydrogen (secondary N) is 1. The largest absolute Gasteiger partial charge is 0.466 e. The minimum absolute atomic E-state index is 0.000462. The number of hydrogen-bond acceptors (Lipinski definition) is 3. The van der Waals surface area contributed by atoms with E-state index in [1.54, 1.807) is 0 Å². The molecule has 2 unspecified atom stereocenters. The average molecular weight is 213 g/mol. The monoisotopic (exact) mass is 213 g/mol. The molecule has 0 aromatic rings. The quantitative estimate of drug-likeness (QED) is 0.711. The Morgan fingerprint density at radius 1 is 1.40 bits per heavy atom. The van der Waals surface area contributed by atoms with E-state index in [0.717, 1.165) is 32.2 Å². The van der Waals surface area contributed by atoms with Crippen LogP contribution < -0.4 is 5.32 Å². The number of carbonyl (C=O) groups excluding carboxylic acids is 1. The van der Waals surface area contributed by atoms with Crippen molar-refractivity contribution in [1.82, 2.24) is 5.32 Å². The fourth-order valence-electron chi connectivity index (χ4n) is 2.20. The van der Waals surface area contributed by atoms with Crippen LogP contribution in [0.1, 0.15) is 46.0 Å². The molecule has 1 N–H and O–H groups in total. The number of rotatable bonds is 5. The van der Waals surface area contributed by atoms with Crippen molar-refractivity contribution in [3.63, 3.8) is 0 Å². The summed E-state index contributed by atoms with van der Waals surface area (Å²) >= 11 is 0. The molecule has 0 aromatic heterocycles. The van der Waals surface area contributed by atoms with Gasteiger partial charge in [-0.1, -0.05) is 13.3 Å². The van der Waals surface area contributed by atoms with Gasteiger partial charge >= 0.3 is 5.97 Å². The zero-order valence-corrected chi connectivity index (χ0v) is 9.92. The maximum Gasteiger partial charge on any atom is 0.308 e. The first-order chi connectivity index (χ1) is 7.27. The van der Waals surface area contributed by atoms with Crippen LogP contribution >= 0.6 is 0 Å². The molecule has 0 spiro atoms. The molecule has 1 fully saturated rings. The van der Waals surface area contributed by atoms with Gasteiger partial charge in [-0.15, -0.1) is 0 Å². The highest BCUT2D eigenvalue weighted by Gasteiger charge is 2.27. The van der Waals surface area contributed by atoms with E-state index < -0.39 is 0 Å². The van der Waals surface area contributed by atoms with Crippen LogP contribution in [0, 0.1) is 5.92 Å². The summed E-state index contributed by atoms with van der Waals surface area (Å²) in [5.41, 5.74) is 0. The lowest BCUT2D eigenvalue weighted by Gasteiger charge is -2.28. The summed E-state index contributed by atoms with van der Waals surface area (Å²) in [7, 11) is 0. The first kappa shape index (κ1) is 12.5. The van der Waals surface area contributed by atoms with Crippen molar-refractivity contribution >= 4 is 5.97 Å². The van der Waals surface area contributed by atoms with E-state index in [1.807, 2.05) is 6.92 Å². The molecule has 0 saturated heterocycles. The molecule has 0 radical (unpaired) electrons. The van der Waals surface area contributed by atoms with Gasteiger partial charge in [-0.2, -0.15) is 0 Å². The van der Waals surface area contributed by atoms with Gasteiger partial charge in [-0.25, -0.2) is 0 Å². The van der Waals surface area contributed by atoms with E-state index in [0.29, 0.717) is 12.6 Å². The van der Waals surface area contributed by atoms with E-state index in [4.69, 9.17) is 4.74 Å². The van der Waals surface area contributed by atoms with Crippen molar-refractivity contribution in [3.05, 3.63) is 0 Å². The molecule has 0 amide bonds. The van der Waals surface area contributed by atoms with Crippen LogP contribution in [0.25, 0.3) is 0 Å². The van der Waals surface area contributed by atoms with E-state index >= 15 is 0 Å². The van der Waals surface area contributed by atoms with Gasteiger partial charge in [0.2, 0.25) is 0 Å². The normalized spacial score (nSPS) is 26.3. The maximum atomic E-state index is 11.6. The number of carbonyl (C=O) groups is 1. The van der Waals surface area contributed by atoms with Crippen LogP contribution in [0.15, 0.2) is 0 Å². The summed E-state index contributed by atoms with van der Waals surface area (Å²) < 4.78 is 5.07. The van der Waals surface area contributed by atoms with Gasteiger partial charge in [0.1, 0.15) is 0 Å². The molecule has 0 bridgehead atoms. The lowest BCUT2D eigenvalue weighted by molar-refractivity contribution is -0.149. The van der Waals surface area contributed by atoms with Crippen LogP contribution in [0.2, 0.25) is 0 Å². The highest BCUT2D eigenvalue weighted by molar-refractivity contribution is 5.72. The molecule has 1 rings (SSSR count). The predicted molar refractivity (Wildman–Crippen MR) is 60.7 cm³/mol. The Kier molecular flexibility index (Phi) is 5.69. The topological polar surface area (TPSA) is 38.3 Å². The van der Waals surface area contributed by atoms with Gasteiger partial charge in [0.25, 0.3) is 0 Å². The first-order valence-electron chi connectivity index (χ1n) is 6.18. The second kappa shape index (κ2) is 6.83. The second-order valence-corrected chi connectivity index (χ2v) is 4.27. The predicted octanol–water partition coefficient (Wildman–Crippen LogP) is 2.11. The third-order valence-electron chi connectivity index (χ3n) is 2.98. The Hall–Kier alpha value is -0.570. The SMILES string of the molecule is CCCNC1CCCC(C(=O)OCC)C1. The first-order valence-corrected chi connectivity index (χ1v) is 6.18.